The molecular weight excluding hydrogens is 268 g/mol. The van der Waals surface area contributed by atoms with Gasteiger partial charge in [-0.25, -0.2) is 0 Å². The lowest BCUT2D eigenvalue weighted by atomic mass is 9.99. The Bertz CT molecular complexity index is 417. The molecule has 0 bridgehead atoms. The lowest BCUT2D eigenvalue weighted by Gasteiger charge is -2.18. The van der Waals surface area contributed by atoms with Crippen LogP contribution in [0.15, 0.2) is 24.3 Å². The average Bonchev–Trinajstić information content (AvgIpc) is 2.44. The highest BCUT2D eigenvalue weighted by Gasteiger charge is 2.16. The summed E-state index contributed by atoms with van der Waals surface area (Å²) in [4.78, 5) is 12.0. The fourth-order valence-corrected chi connectivity index (χ4v) is 2.44. The molecule has 0 aliphatic heterocycles. The number of hydrogen-bond donors (Lipinski definition) is 2. The van der Waals surface area contributed by atoms with Crippen LogP contribution in [0.1, 0.15) is 50.3 Å². The maximum absolute atomic E-state index is 12.0. The zero-order valence-electron chi connectivity index (χ0n) is 12.8. The van der Waals surface area contributed by atoms with E-state index in [1.54, 1.807) is 11.8 Å². The van der Waals surface area contributed by atoms with E-state index in [1.165, 1.54) is 5.56 Å². The molecule has 1 amide bonds. The number of carbonyl (C=O) groups is 1. The fraction of sp³-hybridized carbons (Fsp3) is 0.562. The van der Waals surface area contributed by atoms with Gasteiger partial charge < -0.3 is 11.1 Å². The van der Waals surface area contributed by atoms with Gasteiger partial charge in [0.15, 0.2) is 0 Å². The van der Waals surface area contributed by atoms with Crippen molar-refractivity contribution in [1.82, 2.24) is 5.32 Å². The summed E-state index contributed by atoms with van der Waals surface area (Å²) in [5, 5.41) is 2.98. The first kappa shape index (κ1) is 17.1. The first-order valence-electron chi connectivity index (χ1n) is 7.10. The van der Waals surface area contributed by atoms with Crippen molar-refractivity contribution < 1.29 is 4.79 Å². The van der Waals surface area contributed by atoms with Gasteiger partial charge in [-0.05, 0) is 42.4 Å². The molecule has 0 radical (unpaired) electrons. The molecule has 0 aromatic heterocycles. The van der Waals surface area contributed by atoms with Crippen molar-refractivity contribution in [3.63, 3.8) is 0 Å². The Morgan fingerprint density at radius 1 is 1.20 bits per heavy atom. The summed E-state index contributed by atoms with van der Waals surface area (Å²) < 4.78 is 0. The second kappa shape index (κ2) is 8.32. The maximum atomic E-state index is 12.0. The lowest BCUT2D eigenvalue weighted by Crippen LogP contribution is -2.41. The molecule has 0 fully saturated rings. The SMILES string of the molecule is CSCC[C@H](N)C(=O)NC(C)c1ccc(C(C)C)cc1. The number of benzene rings is 1. The minimum absolute atomic E-state index is 0.0101. The molecule has 4 heteroatoms. The molecule has 1 unspecified atom stereocenters. The van der Waals surface area contributed by atoms with Gasteiger partial charge in [0.25, 0.3) is 0 Å². The van der Waals surface area contributed by atoms with Crippen molar-refractivity contribution in [3.8, 4) is 0 Å². The molecule has 0 heterocycles. The molecule has 3 nitrogen and oxygen atoms in total. The molecule has 0 aliphatic carbocycles. The second-order valence-electron chi connectivity index (χ2n) is 5.44. The van der Waals surface area contributed by atoms with Gasteiger partial charge in [0.1, 0.15) is 0 Å². The summed E-state index contributed by atoms with van der Waals surface area (Å²) in [5.41, 5.74) is 8.29. The van der Waals surface area contributed by atoms with E-state index in [-0.39, 0.29) is 11.9 Å². The molecule has 0 spiro atoms. The Morgan fingerprint density at radius 2 is 1.75 bits per heavy atom. The van der Waals surface area contributed by atoms with Crippen LogP contribution in [0.5, 0.6) is 0 Å². The molecule has 0 saturated carbocycles. The van der Waals surface area contributed by atoms with Crippen molar-refractivity contribution in [3.05, 3.63) is 35.4 Å². The van der Waals surface area contributed by atoms with Crippen LogP contribution in [0.4, 0.5) is 0 Å². The van der Waals surface area contributed by atoms with Crippen LogP contribution < -0.4 is 11.1 Å². The molecule has 1 rings (SSSR count). The number of nitrogens with two attached hydrogens (primary N) is 1. The van der Waals surface area contributed by atoms with Gasteiger partial charge in [-0.1, -0.05) is 38.1 Å². The van der Waals surface area contributed by atoms with E-state index in [0.29, 0.717) is 12.3 Å². The van der Waals surface area contributed by atoms with Crippen LogP contribution >= 0.6 is 11.8 Å². The number of nitrogens with one attached hydrogen (secondary N) is 1. The van der Waals surface area contributed by atoms with Crippen LogP contribution in [0.2, 0.25) is 0 Å². The van der Waals surface area contributed by atoms with Crippen LogP contribution in [0, 0.1) is 0 Å². The molecule has 2 atom stereocenters. The third-order valence-electron chi connectivity index (χ3n) is 3.43. The average molecular weight is 294 g/mol. The fourth-order valence-electron chi connectivity index (χ4n) is 1.95. The molecule has 1 aromatic carbocycles. The quantitative estimate of drug-likeness (QED) is 0.812. The monoisotopic (exact) mass is 294 g/mol. The van der Waals surface area contributed by atoms with E-state index in [2.05, 4.69) is 43.4 Å². The van der Waals surface area contributed by atoms with E-state index in [0.717, 1.165) is 11.3 Å². The number of thioether (sulfide) groups is 1. The third kappa shape index (κ3) is 5.17. The van der Waals surface area contributed by atoms with Crippen molar-refractivity contribution in [2.45, 2.75) is 45.2 Å². The molecule has 0 saturated heterocycles. The second-order valence-corrected chi connectivity index (χ2v) is 6.43. The molecule has 112 valence electrons. The predicted octanol–water partition coefficient (Wildman–Crippen LogP) is 3.07. The first-order chi connectivity index (χ1) is 9.45. The highest BCUT2D eigenvalue weighted by atomic mass is 32.2. The van der Waals surface area contributed by atoms with Crippen LogP contribution in [-0.2, 0) is 4.79 Å². The van der Waals surface area contributed by atoms with Gasteiger partial charge in [0.2, 0.25) is 5.91 Å². The van der Waals surface area contributed by atoms with Gasteiger partial charge in [0.05, 0.1) is 12.1 Å². The van der Waals surface area contributed by atoms with Crippen molar-refractivity contribution in [2.24, 2.45) is 5.73 Å². The summed E-state index contributed by atoms with van der Waals surface area (Å²) >= 11 is 1.71. The van der Waals surface area contributed by atoms with Crippen molar-refractivity contribution in [2.75, 3.05) is 12.0 Å². The van der Waals surface area contributed by atoms with Gasteiger partial charge >= 0.3 is 0 Å². The maximum Gasteiger partial charge on any atom is 0.237 e. The van der Waals surface area contributed by atoms with E-state index in [1.807, 2.05) is 13.2 Å². The normalized spacial score (nSPS) is 14.1. The molecule has 20 heavy (non-hydrogen) atoms. The summed E-state index contributed by atoms with van der Waals surface area (Å²) in [6.45, 7) is 6.33. The lowest BCUT2D eigenvalue weighted by molar-refractivity contribution is -0.123. The first-order valence-corrected chi connectivity index (χ1v) is 8.49. The van der Waals surface area contributed by atoms with Crippen molar-refractivity contribution >= 4 is 17.7 Å². The van der Waals surface area contributed by atoms with E-state index in [4.69, 9.17) is 5.73 Å². The zero-order chi connectivity index (χ0) is 15.1. The Balaban J connectivity index is 2.57. The van der Waals surface area contributed by atoms with E-state index in [9.17, 15) is 4.79 Å². The van der Waals surface area contributed by atoms with Crippen molar-refractivity contribution in [1.29, 1.82) is 0 Å². The van der Waals surface area contributed by atoms with Gasteiger partial charge in [-0.2, -0.15) is 11.8 Å². The number of hydrogen-bond acceptors (Lipinski definition) is 3. The van der Waals surface area contributed by atoms with Crippen LogP contribution in [-0.4, -0.2) is 24.0 Å². The standard InChI is InChI=1S/C16H26N2OS/c1-11(2)13-5-7-14(8-6-13)12(3)18-16(19)15(17)9-10-20-4/h5-8,11-12,15H,9-10,17H2,1-4H3,(H,18,19)/t12?,15-/m0/s1. The highest BCUT2D eigenvalue weighted by molar-refractivity contribution is 7.98. The minimum Gasteiger partial charge on any atom is -0.348 e. The van der Waals surface area contributed by atoms with Crippen LogP contribution in [0.25, 0.3) is 0 Å². The molecule has 1 aromatic rings. The highest BCUT2D eigenvalue weighted by Crippen LogP contribution is 2.18. The summed E-state index contributed by atoms with van der Waals surface area (Å²) in [6, 6.07) is 7.97. The number of rotatable bonds is 7. The Morgan fingerprint density at radius 3 is 2.25 bits per heavy atom. The third-order valence-corrected chi connectivity index (χ3v) is 4.08. The summed E-state index contributed by atoms with van der Waals surface area (Å²) in [5.74, 6) is 1.36. The van der Waals surface area contributed by atoms with Gasteiger partial charge in [-0.15, -0.1) is 0 Å². The molecule has 3 N–H and O–H groups in total. The minimum atomic E-state index is -0.417. The van der Waals surface area contributed by atoms with E-state index < -0.39 is 6.04 Å². The van der Waals surface area contributed by atoms with Crippen LogP contribution in [0.3, 0.4) is 0 Å². The predicted molar refractivity (Wildman–Crippen MR) is 88.1 cm³/mol. The smallest absolute Gasteiger partial charge is 0.237 e. The zero-order valence-corrected chi connectivity index (χ0v) is 13.7. The summed E-state index contributed by atoms with van der Waals surface area (Å²) in [6.07, 6.45) is 2.73. The Labute approximate surface area is 126 Å². The number of carbonyl (C=O) groups excluding carboxylic acids is 1. The Kier molecular flexibility index (Phi) is 7.10. The van der Waals surface area contributed by atoms with Gasteiger partial charge in [-0.3, -0.25) is 4.79 Å². The van der Waals surface area contributed by atoms with Gasteiger partial charge in [0, 0.05) is 0 Å². The molecule has 0 aliphatic rings. The van der Waals surface area contributed by atoms with E-state index >= 15 is 0 Å². The summed E-state index contributed by atoms with van der Waals surface area (Å²) in [7, 11) is 0. The Hall–Kier alpha value is -1.00. The largest absolute Gasteiger partial charge is 0.348 e. The number of amides is 1. The topological polar surface area (TPSA) is 55.1 Å². The molecular formula is C16H26N2OS.